The lowest BCUT2D eigenvalue weighted by molar-refractivity contribution is 0.0242. The number of rotatable bonds is 4. The van der Waals surface area contributed by atoms with Crippen LogP contribution in [0.2, 0.25) is 0 Å². The standard InChI is InChI=1S/C22H27NO5/c1-22(2,3)28-21(24)23-12-15-8-7-14(9-17(15)13-23)16-10-18(25-4)20(27-6)19(11-16)26-5/h7-11H,12-13H2,1-6H3. The normalized spacial score (nSPS) is 13.1. The van der Waals surface area contributed by atoms with Gasteiger partial charge in [0.15, 0.2) is 11.5 Å². The van der Waals surface area contributed by atoms with E-state index in [1.54, 1.807) is 26.2 Å². The summed E-state index contributed by atoms with van der Waals surface area (Å²) in [6, 6.07) is 10.0. The summed E-state index contributed by atoms with van der Waals surface area (Å²) in [7, 11) is 4.78. The van der Waals surface area contributed by atoms with Crippen molar-refractivity contribution >= 4 is 6.09 Å². The number of carbonyl (C=O) groups excluding carboxylic acids is 1. The Kier molecular flexibility index (Phi) is 5.40. The lowest BCUT2D eigenvalue weighted by Gasteiger charge is -2.24. The maximum Gasteiger partial charge on any atom is 0.410 e. The molecule has 0 aromatic heterocycles. The Balaban J connectivity index is 1.89. The van der Waals surface area contributed by atoms with Crippen molar-refractivity contribution in [2.45, 2.75) is 39.5 Å². The third kappa shape index (κ3) is 4.01. The monoisotopic (exact) mass is 385 g/mol. The lowest BCUT2D eigenvalue weighted by atomic mass is 10.00. The molecule has 1 heterocycles. The molecule has 1 amide bonds. The van der Waals surface area contributed by atoms with Gasteiger partial charge in [0.1, 0.15) is 5.60 Å². The van der Waals surface area contributed by atoms with Crippen LogP contribution in [0.3, 0.4) is 0 Å². The molecule has 0 fully saturated rings. The average molecular weight is 385 g/mol. The van der Waals surface area contributed by atoms with Gasteiger partial charge in [-0.3, -0.25) is 4.90 Å². The Morgan fingerprint density at radius 2 is 1.46 bits per heavy atom. The van der Waals surface area contributed by atoms with Crippen LogP contribution < -0.4 is 14.2 Å². The molecule has 0 radical (unpaired) electrons. The predicted molar refractivity (Wildman–Crippen MR) is 107 cm³/mol. The van der Waals surface area contributed by atoms with Gasteiger partial charge in [-0.05, 0) is 61.2 Å². The number of hydrogen-bond donors (Lipinski definition) is 0. The molecule has 2 aromatic rings. The summed E-state index contributed by atoms with van der Waals surface area (Å²) in [4.78, 5) is 14.1. The highest BCUT2D eigenvalue weighted by atomic mass is 16.6. The number of benzene rings is 2. The van der Waals surface area contributed by atoms with Crippen molar-refractivity contribution in [2.75, 3.05) is 21.3 Å². The van der Waals surface area contributed by atoms with Crippen molar-refractivity contribution in [2.24, 2.45) is 0 Å². The number of ether oxygens (including phenoxy) is 4. The molecule has 6 heteroatoms. The fourth-order valence-corrected chi connectivity index (χ4v) is 3.28. The van der Waals surface area contributed by atoms with Crippen molar-refractivity contribution in [1.82, 2.24) is 4.90 Å². The molecule has 0 bridgehead atoms. The van der Waals surface area contributed by atoms with Crippen LogP contribution in [0.25, 0.3) is 11.1 Å². The minimum atomic E-state index is -0.507. The van der Waals surface area contributed by atoms with E-state index in [1.807, 2.05) is 39.0 Å². The number of hydrogen-bond acceptors (Lipinski definition) is 5. The van der Waals surface area contributed by atoms with E-state index in [-0.39, 0.29) is 6.09 Å². The Labute approximate surface area is 166 Å². The van der Waals surface area contributed by atoms with Crippen molar-refractivity contribution in [3.63, 3.8) is 0 Å². The number of methoxy groups -OCH3 is 3. The van der Waals surface area contributed by atoms with Crippen molar-refractivity contribution in [3.8, 4) is 28.4 Å². The summed E-state index contributed by atoms with van der Waals surface area (Å²) in [6.07, 6.45) is -0.293. The zero-order chi connectivity index (χ0) is 20.5. The number of amides is 1. The molecular weight excluding hydrogens is 358 g/mol. The van der Waals surface area contributed by atoms with Crippen LogP contribution >= 0.6 is 0 Å². The smallest absolute Gasteiger partial charge is 0.410 e. The third-order valence-corrected chi connectivity index (χ3v) is 4.58. The van der Waals surface area contributed by atoms with E-state index in [4.69, 9.17) is 18.9 Å². The first kappa shape index (κ1) is 19.9. The second-order valence-electron chi connectivity index (χ2n) is 7.73. The highest BCUT2D eigenvalue weighted by molar-refractivity contribution is 5.73. The fourth-order valence-electron chi connectivity index (χ4n) is 3.28. The van der Waals surface area contributed by atoms with E-state index >= 15 is 0 Å². The fraction of sp³-hybridized carbons (Fsp3) is 0.409. The third-order valence-electron chi connectivity index (χ3n) is 4.58. The van der Waals surface area contributed by atoms with Gasteiger partial charge in [0.2, 0.25) is 5.75 Å². The molecule has 2 aromatic carbocycles. The lowest BCUT2D eigenvalue weighted by Crippen LogP contribution is -2.33. The van der Waals surface area contributed by atoms with Gasteiger partial charge < -0.3 is 18.9 Å². The topological polar surface area (TPSA) is 57.2 Å². The minimum Gasteiger partial charge on any atom is -0.493 e. The zero-order valence-electron chi connectivity index (χ0n) is 17.3. The van der Waals surface area contributed by atoms with Crippen LogP contribution in [0.4, 0.5) is 4.79 Å². The van der Waals surface area contributed by atoms with Crippen LogP contribution in [0.1, 0.15) is 31.9 Å². The Bertz CT molecular complexity index is 860. The molecule has 0 saturated heterocycles. The van der Waals surface area contributed by atoms with E-state index in [0.717, 1.165) is 22.3 Å². The molecule has 3 rings (SSSR count). The summed E-state index contributed by atoms with van der Waals surface area (Å²) < 4.78 is 21.8. The van der Waals surface area contributed by atoms with E-state index in [1.165, 1.54) is 0 Å². The highest BCUT2D eigenvalue weighted by Crippen LogP contribution is 2.41. The Morgan fingerprint density at radius 3 is 2.00 bits per heavy atom. The molecule has 0 saturated carbocycles. The second kappa shape index (κ2) is 7.62. The van der Waals surface area contributed by atoms with Crippen molar-refractivity contribution < 1.29 is 23.7 Å². The maximum atomic E-state index is 12.4. The number of fused-ring (bicyclic) bond motifs is 1. The van der Waals surface area contributed by atoms with E-state index in [2.05, 4.69) is 12.1 Å². The van der Waals surface area contributed by atoms with Crippen LogP contribution in [-0.2, 0) is 17.8 Å². The molecule has 28 heavy (non-hydrogen) atoms. The second-order valence-corrected chi connectivity index (χ2v) is 7.73. The van der Waals surface area contributed by atoms with E-state index < -0.39 is 5.60 Å². The van der Waals surface area contributed by atoms with E-state index in [9.17, 15) is 4.79 Å². The van der Waals surface area contributed by atoms with Crippen LogP contribution in [0.15, 0.2) is 30.3 Å². The predicted octanol–water partition coefficient (Wildman–Crippen LogP) is 4.63. The maximum absolute atomic E-state index is 12.4. The van der Waals surface area contributed by atoms with Crippen LogP contribution in [0.5, 0.6) is 17.2 Å². The Hall–Kier alpha value is -2.89. The number of nitrogens with zero attached hydrogens (tertiary/aromatic N) is 1. The highest BCUT2D eigenvalue weighted by Gasteiger charge is 2.28. The SMILES string of the molecule is COc1cc(-c2ccc3c(c2)CN(C(=O)OC(C)(C)C)C3)cc(OC)c1OC. The van der Waals surface area contributed by atoms with Gasteiger partial charge in [0.05, 0.1) is 21.3 Å². The molecule has 150 valence electrons. The summed E-state index contributed by atoms with van der Waals surface area (Å²) in [5.41, 5.74) is 3.70. The van der Waals surface area contributed by atoms with Gasteiger partial charge in [0, 0.05) is 13.1 Å². The van der Waals surface area contributed by atoms with Crippen LogP contribution in [0, 0.1) is 0 Å². The van der Waals surface area contributed by atoms with E-state index in [0.29, 0.717) is 30.3 Å². The van der Waals surface area contributed by atoms with Crippen molar-refractivity contribution in [1.29, 1.82) is 0 Å². The molecular formula is C22H27NO5. The largest absolute Gasteiger partial charge is 0.493 e. The molecule has 0 atom stereocenters. The van der Waals surface area contributed by atoms with Gasteiger partial charge in [-0.2, -0.15) is 0 Å². The zero-order valence-corrected chi connectivity index (χ0v) is 17.3. The quantitative estimate of drug-likeness (QED) is 0.768. The molecule has 1 aliphatic heterocycles. The first-order valence-electron chi connectivity index (χ1n) is 9.16. The van der Waals surface area contributed by atoms with Crippen molar-refractivity contribution in [3.05, 3.63) is 41.5 Å². The van der Waals surface area contributed by atoms with Gasteiger partial charge in [-0.1, -0.05) is 12.1 Å². The molecule has 0 unspecified atom stereocenters. The Morgan fingerprint density at radius 1 is 0.857 bits per heavy atom. The summed E-state index contributed by atoms with van der Waals surface area (Å²) in [6.45, 7) is 6.70. The minimum absolute atomic E-state index is 0.293. The summed E-state index contributed by atoms with van der Waals surface area (Å²) >= 11 is 0. The number of carbonyl (C=O) groups is 1. The first-order valence-corrected chi connectivity index (χ1v) is 9.16. The molecule has 1 aliphatic rings. The first-order chi connectivity index (χ1) is 13.3. The summed E-state index contributed by atoms with van der Waals surface area (Å²) in [5.74, 6) is 1.77. The molecule has 6 nitrogen and oxygen atoms in total. The van der Waals surface area contributed by atoms with Gasteiger partial charge >= 0.3 is 6.09 Å². The van der Waals surface area contributed by atoms with Gasteiger partial charge in [0.25, 0.3) is 0 Å². The van der Waals surface area contributed by atoms with Gasteiger partial charge in [-0.15, -0.1) is 0 Å². The van der Waals surface area contributed by atoms with Crippen LogP contribution in [-0.4, -0.2) is 37.9 Å². The molecule has 0 aliphatic carbocycles. The average Bonchev–Trinajstić information content (AvgIpc) is 3.08. The van der Waals surface area contributed by atoms with Gasteiger partial charge in [-0.25, -0.2) is 4.79 Å². The molecule has 0 N–H and O–H groups in total. The summed E-state index contributed by atoms with van der Waals surface area (Å²) in [5, 5.41) is 0. The molecule has 0 spiro atoms.